The molecule has 0 unspecified atom stereocenters. The highest BCUT2D eigenvalue weighted by Gasteiger charge is 1.72. The standard InChI is InChI=1S/C4H8F/c1-2-3-4-5/h2H,3-4H2,1H3. The van der Waals surface area contributed by atoms with Gasteiger partial charge in [-0.25, -0.2) is 0 Å². The highest BCUT2D eigenvalue weighted by Crippen LogP contribution is 1.81. The summed E-state index contributed by atoms with van der Waals surface area (Å²) < 4.78 is 11.0. The van der Waals surface area contributed by atoms with Crippen LogP contribution in [0.4, 0.5) is 4.39 Å². The van der Waals surface area contributed by atoms with Gasteiger partial charge in [-0.05, 0) is 12.8 Å². The average Bonchev–Trinajstić information content (AvgIpc) is 1.41. The Balaban J connectivity index is 2.19. The fourth-order valence-electron chi connectivity index (χ4n) is 0.109. The molecule has 0 saturated heterocycles. The van der Waals surface area contributed by atoms with Crippen LogP contribution in [-0.2, 0) is 0 Å². The Kier molecular flexibility index (Phi) is 3.87. The van der Waals surface area contributed by atoms with Crippen molar-refractivity contribution in [1.29, 1.82) is 0 Å². The molecular weight excluding hydrogens is 67.0 g/mol. The molecule has 0 amide bonds. The molecule has 0 aromatic heterocycles. The van der Waals surface area contributed by atoms with Crippen molar-refractivity contribution >= 4 is 0 Å². The second kappa shape index (κ2) is 3.93. The molecule has 0 aromatic carbocycles. The molecule has 1 heteroatoms. The monoisotopic (exact) mass is 75.1 g/mol. The van der Waals surface area contributed by atoms with Gasteiger partial charge in [0.05, 0.1) is 6.67 Å². The quantitative estimate of drug-likeness (QED) is 0.467. The van der Waals surface area contributed by atoms with Crippen LogP contribution in [0.15, 0.2) is 0 Å². The first-order valence-corrected chi connectivity index (χ1v) is 1.75. The summed E-state index contributed by atoms with van der Waals surface area (Å²) in [6, 6.07) is 0. The summed E-state index contributed by atoms with van der Waals surface area (Å²) in [5.74, 6) is 0. The minimum absolute atomic E-state index is 0.212. The summed E-state index contributed by atoms with van der Waals surface area (Å²) in [7, 11) is 0. The van der Waals surface area contributed by atoms with Crippen molar-refractivity contribution < 1.29 is 4.39 Å². The van der Waals surface area contributed by atoms with E-state index >= 15 is 0 Å². The van der Waals surface area contributed by atoms with Crippen molar-refractivity contribution in [2.24, 2.45) is 0 Å². The Hall–Kier alpha value is -0.0700. The van der Waals surface area contributed by atoms with Crippen LogP contribution in [0.25, 0.3) is 0 Å². The summed E-state index contributed by atoms with van der Waals surface area (Å²) >= 11 is 0. The topological polar surface area (TPSA) is 0 Å². The van der Waals surface area contributed by atoms with Crippen LogP contribution in [-0.4, -0.2) is 6.67 Å². The smallest absolute Gasteiger partial charge is 0.0897 e. The van der Waals surface area contributed by atoms with E-state index in [-0.39, 0.29) is 6.67 Å². The summed E-state index contributed by atoms with van der Waals surface area (Å²) in [6.07, 6.45) is 2.40. The molecule has 5 heavy (non-hydrogen) atoms. The molecule has 0 aliphatic rings. The summed E-state index contributed by atoms with van der Waals surface area (Å²) in [4.78, 5) is 0. The molecule has 0 bridgehead atoms. The van der Waals surface area contributed by atoms with Crippen molar-refractivity contribution in [2.45, 2.75) is 13.3 Å². The maximum absolute atomic E-state index is 11.0. The Morgan fingerprint density at radius 2 is 2.40 bits per heavy atom. The Morgan fingerprint density at radius 1 is 1.80 bits per heavy atom. The van der Waals surface area contributed by atoms with Crippen molar-refractivity contribution in [3.05, 3.63) is 6.42 Å². The molecule has 0 atom stereocenters. The van der Waals surface area contributed by atoms with Gasteiger partial charge in [-0.2, -0.15) is 0 Å². The molecule has 0 rings (SSSR count). The fourth-order valence-corrected chi connectivity index (χ4v) is 0.109. The van der Waals surface area contributed by atoms with Crippen LogP contribution in [0.2, 0.25) is 0 Å². The van der Waals surface area contributed by atoms with E-state index in [2.05, 4.69) is 0 Å². The second-order valence-corrected chi connectivity index (χ2v) is 0.886. The summed E-state index contributed by atoms with van der Waals surface area (Å²) in [5, 5.41) is 0. The molecule has 0 spiro atoms. The molecule has 0 aromatic rings. The van der Waals surface area contributed by atoms with Gasteiger partial charge in [0, 0.05) is 0 Å². The average molecular weight is 75.1 g/mol. The maximum atomic E-state index is 11.0. The predicted octanol–water partition coefficient (Wildman–Crippen LogP) is 1.57. The molecule has 0 N–H and O–H groups in total. The highest BCUT2D eigenvalue weighted by atomic mass is 19.1. The lowest BCUT2D eigenvalue weighted by molar-refractivity contribution is 0.492. The van der Waals surface area contributed by atoms with Gasteiger partial charge in [-0.15, -0.1) is 0 Å². The molecule has 0 saturated carbocycles. The number of unbranched alkanes of at least 4 members (excludes halogenated alkanes) is 1. The third kappa shape index (κ3) is 3.93. The van der Waals surface area contributed by atoms with Gasteiger partial charge in [0.2, 0.25) is 0 Å². The van der Waals surface area contributed by atoms with Gasteiger partial charge >= 0.3 is 0 Å². The van der Waals surface area contributed by atoms with Gasteiger partial charge in [-0.3, -0.25) is 4.39 Å². The third-order valence-electron chi connectivity index (χ3n) is 0.398. The lowest BCUT2D eigenvalue weighted by Gasteiger charge is -1.76. The molecule has 0 aliphatic carbocycles. The number of halogens is 1. The molecule has 0 heterocycles. The summed E-state index contributed by atoms with van der Waals surface area (Å²) in [5.41, 5.74) is 0. The second-order valence-electron chi connectivity index (χ2n) is 0.886. The zero-order valence-electron chi connectivity index (χ0n) is 3.37. The molecule has 0 aliphatic heterocycles. The Labute approximate surface area is 32.0 Å². The van der Waals surface area contributed by atoms with Crippen molar-refractivity contribution in [3.63, 3.8) is 0 Å². The number of hydrogen-bond acceptors (Lipinski definition) is 0. The SMILES string of the molecule is C[CH]CCF. The van der Waals surface area contributed by atoms with E-state index in [9.17, 15) is 4.39 Å². The first kappa shape index (κ1) is 4.93. The minimum Gasteiger partial charge on any atom is -0.251 e. The third-order valence-corrected chi connectivity index (χ3v) is 0.398. The molecule has 0 nitrogen and oxygen atoms in total. The minimum atomic E-state index is -0.212. The Morgan fingerprint density at radius 3 is 2.40 bits per heavy atom. The van der Waals surface area contributed by atoms with Crippen LogP contribution < -0.4 is 0 Å². The van der Waals surface area contributed by atoms with Gasteiger partial charge in [0.25, 0.3) is 0 Å². The van der Waals surface area contributed by atoms with Crippen molar-refractivity contribution in [2.75, 3.05) is 6.67 Å². The zero-order chi connectivity index (χ0) is 4.12. The van der Waals surface area contributed by atoms with Crippen LogP contribution in [0.1, 0.15) is 13.3 Å². The van der Waals surface area contributed by atoms with Gasteiger partial charge in [0.15, 0.2) is 0 Å². The predicted molar refractivity (Wildman–Crippen MR) is 20.6 cm³/mol. The van der Waals surface area contributed by atoms with Crippen LogP contribution in [0.5, 0.6) is 0 Å². The molecule has 31 valence electrons. The largest absolute Gasteiger partial charge is 0.251 e. The van der Waals surface area contributed by atoms with E-state index in [4.69, 9.17) is 0 Å². The van der Waals surface area contributed by atoms with Gasteiger partial charge in [-0.1, -0.05) is 6.92 Å². The first-order chi connectivity index (χ1) is 2.41. The fraction of sp³-hybridized carbons (Fsp3) is 0.750. The van der Waals surface area contributed by atoms with Crippen molar-refractivity contribution in [3.8, 4) is 0 Å². The lowest BCUT2D eigenvalue weighted by Crippen LogP contribution is -1.68. The number of rotatable bonds is 2. The van der Waals surface area contributed by atoms with E-state index in [1.807, 2.05) is 6.92 Å². The van der Waals surface area contributed by atoms with E-state index in [1.165, 1.54) is 0 Å². The van der Waals surface area contributed by atoms with Crippen molar-refractivity contribution in [1.82, 2.24) is 0 Å². The van der Waals surface area contributed by atoms with E-state index < -0.39 is 0 Å². The molecule has 1 radical (unpaired) electrons. The highest BCUT2D eigenvalue weighted by molar-refractivity contribution is 4.51. The van der Waals surface area contributed by atoms with Crippen LogP contribution in [0.3, 0.4) is 0 Å². The number of hydrogen-bond donors (Lipinski definition) is 0. The van der Waals surface area contributed by atoms with Crippen LogP contribution in [0, 0.1) is 6.42 Å². The molecular formula is C4H8F. The van der Waals surface area contributed by atoms with Gasteiger partial charge in [0.1, 0.15) is 0 Å². The number of alkyl halides is 1. The summed E-state index contributed by atoms with van der Waals surface area (Å²) in [6.45, 7) is 1.64. The van der Waals surface area contributed by atoms with E-state index in [0.717, 1.165) is 0 Å². The maximum Gasteiger partial charge on any atom is 0.0897 e. The van der Waals surface area contributed by atoms with E-state index in [0.29, 0.717) is 6.42 Å². The van der Waals surface area contributed by atoms with Gasteiger partial charge < -0.3 is 0 Å². The first-order valence-electron chi connectivity index (χ1n) is 1.75. The van der Waals surface area contributed by atoms with Crippen LogP contribution >= 0.6 is 0 Å². The molecule has 0 fully saturated rings. The Bertz CT molecular complexity index is 11.1. The zero-order valence-corrected chi connectivity index (χ0v) is 3.37. The lowest BCUT2D eigenvalue weighted by atomic mass is 10.4. The normalized spacial score (nSPS) is 8.40. The van der Waals surface area contributed by atoms with E-state index in [1.54, 1.807) is 6.42 Å².